The number of rotatable bonds is 4. The zero-order valence-corrected chi connectivity index (χ0v) is 12.2. The fourth-order valence-corrected chi connectivity index (χ4v) is 2.07. The van der Waals surface area contributed by atoms with E-state index >= 15 is 0 Å². The second kappa shape index (κ2) is 6.26. The van der Waals surface area contributed by atoms with Gasteiger partial charge >= 0.3 is 0 Å². The van der Waals surface area contributed by atoms with Gasteiger partial charge in [-0.15, -0.1) is 0 Å². The lowest BCUT2D eigenvalue weighted by atomic mass is 10.0. The predicted molar refractivity (Wildman–Crippen MR) is 76.4 cm³/mol. The molecule has 19 heavy (non-hydrogen) atoms. The Bertz CT molecular complexity index is 557. The Kier molecular flexibility index (Phi) is 4.66. The van der Waals surface area contributed by atoms with Crippen LogP contribution in [-0.2, 0) is 12.8 Å². The van der Waals surface area contributed by atoms with Crippen molar-refractivity contribution in [1.82, 2.24) is 4.98 Å². The molecule has 4 heteroatoms. The first kappa shape index (κ1) is 14.2. The number of hydrogen-bond donors (Lipinski definition) is 1. The van der Waals surface area contributed by atoms with Crippen LogP contribution in [0.4, 0.5) is 4.39 Å². The summed E-state index contributed by atoms with van der Waals surface area (Å²) in [6.07, 6.45) is 2.38. The molecule has 0 amide bonds. The minimum atomic E-state index is -0.748. The van der Waals surface area contributed by atoms with Crippen molar-refractivity contribution in [3.63, 3.8) is 0 Å². The minimum Gasteiger partial charge on any atom is -0.388 e. The van der Waals surface area contributed by atoms with Gasteiger partial charge in [0.25, 0.3) is 0 Å². The summed E-state index contributed by atoms with van der Waals surface area (Å²) in [6, 6.07) is 8.55. The van der Waals surface area contributed by atoms with Gasteiger partial charge in [0, 0.05) is 18.3 Å². The molecule has 1 aromatic carbocycles. The topological polar surface area (TPSA) is 33.1 Å². The van der Waals surface area contributed by atoms with Crippen molar-refractivity contribution in [2.75, 3.05) is 0 Å². The smallest absolute Gasteiger partial charge is 0.137 e. The second-order valence-electron chi connectivity index (χ2n) is 4.40. The Morgan fingerprint density at radius 2 is 2.11 bits per heavy atom. The van der Waals surface area contributed by atoms with Gasteiger partial charge in [-0.1, -0.05) is 19.1 Å². The van der Waals surface area contributed by atoms with E-state index in [0.29, 0.717) is 16.5 Å². The van der Waals surface area contributed by atoms with Crippen molar-refractivity contribution in [2.24, 2.45) is 0 Å². The number of aliphatic hydroxyl groups is 1. The van der Waals surface area contributed by atoms with Crippen molar-refractivity contribution in [2.45, 2.75) is 25.9 Å². The fraction of sp³-hybridized carbons (Fsp3) is 0.267. The van der Waals surface area contributed by atoms with Crippen molar-refractivity contribution in [3.8, 4) is 0 Å². The van der Waals surface area contributed by atoms with Gasteiger partial charge in [-0.3, -0.25) is 4.98 Å². The summed E-state index contributed by atoms with van der Waals surface area (Å²) in [4.78, 5) is 4.29. The van der Waals surface area contributed by atoms with Crippen LogP contribution in [-0.4, -0.2) is 10.1 Å². The first-order valence-corrected chi connectivity index (χ1v) is 6.96. The van der Waals surface area contributed by atoms with Gasteiger partial charge in [0.05, 0.1) is 10.6 Å². The molecule has 0 aliphatic heterocycles. The van der Waals surface area contributed by atoms with E-state index in [1.807, 2.05) is 18.3 Å². The molecule has 100 valence electrons. The monoisotopic (exact) mass is 323 g/mol. The predicted octanol–water partition coefficient (Wildman–Crippen LogP) is 3.82. The molecular weight excluding hydrogens is 309 g/mol. The Morgan fingerprint density at radius 3 is 2.68 bits per heavy atom. The molecule has 0 fully saturated rings. The number of benzene rings is 1. The summed E-state index contributed by atoms with van der Waals surface area (Å²) in [6.45, 7) is 2.07. The second-order valence-corrected chi connectivity index (χ2v) is 5.26. The largest absolute Gasteiger partial charge is 0.388 e. The molecule has 2 nitrogen and oxygen atoms in total. The highest BCUT2D eigenvalue weighted by Crippen LogP contribution is 2.22. The molecule has 0 radical (unpaired) electrons. The van der Waals surface area contributed by atoms with E-state index < -0.39 is 6.10 Å². The third-order valence-corrected chi connectivity index (χ3v) is 3.67. The number of nitrogens with zero attached hydrogens (tertiary/aromatic N) is 1. The SMILES string of the molecule is CCc1ccc(CC(O)c2ccc(Br)c(F)c2)nc1. The van der Waals surface area contributed by atoms with Gasteiger partial charge < -0.3 is 5.11 Å². The van der Waals surface area contributed by atoms with E-state index in [1.54, 1.807) is 12.1 Å². The number of aryl methyl sites for hydroxylation is 1. The minimum absolute atomic E-state index is 0.370. The van der Waals surface area contributed by atoms with E-state index in [9.17, 15) is 9.50 Å². The van der Waals surface area contributed by atoms with E-state index in [2.05, 4.69) is 27.8 Å². The average molecular weight is 324 g/mol. The van der Waals surface area contributed by atoms with E-state index in [1.165, 1.54) is 6.07 Å². The van der Waals surface area contributed by atoms with Crippen LogP contribution in [0.3, 0.4) is 0 Å². The summed E-state index contributed by atoms with van der Waals surface area (Å²) < 4.78 is 13.8. The maximum absolute atomic E-state index is 13.4. The molecule has 2 aromatic rings. The highest BCUT2D eigenvalue weighted by Gasteiger charge is 2.11. The third kappa shape index (κ3) is 3.61. The Hall–Kier alpha value is -1.26. The summed E-state index contributed by atoms with van der Waals surface area (Å²) in [5, 5.41) is 10.1. The van der Waals surface area contributed by atoms with Crippen LogP contribution in [0.2, 0.25) is 0 Å². The van der Waals surface area contributed by atoms with E-state index in [4.69, 9.17) is 0 Å². The van der Waals surface area contributed by atoms with Crippen molar-refractivity contribution in [1.29, 1.82) is 0 Å². The summed E-state index contributed by atoms with van der Waals surface area (Å²) >= 11 is 3.09. The molecule has 0 aliphatic carbocycles. The highest BCUT2D eigenvalue weighted by molar-refractivity contribution is 9.10. The maximum atomic E-state index is 13.4. The third-order valence-electron chi connectivity index (χ3n) is 3.03. The summed E-state index contributed by atoms with van der Waals surface area (Å²) in [7, 11) is 0. The van der Waals surface area contributed by atoms with E-state index in [-0.39, 0.29) is 5.82 Å². The lowest BCUT2D eigenvalue weighted by Gasteiger charge is -2.11. The average Bonchev–Trinajstić information content (AvgIpc) is 2.42. The van der Waals surface area contributed by atoms with Crippen LogP contribution in [0.5, 0.6) is 0 Å². The molecule has 0 bridgehead atoms. The Labute approximate surface area is 120 Å². The molecule has 1 heterocycles. The molecule has 1 aromatic heterocycles. The molecular formula is C15H15BrFNO. The zero-order chi connectivity index (χ0) is 13.8. The van der Waals surface area contributed by atoms with Gasteiger partial charge in [0.2, 0.25) is 0 Å². The lowest BCUT2D eigenvalue weighted by Crippen LogP contribution is -2.04. The Morgan fingerprint density at radius 1 is 1.32 bits per heavy atom. The normalized spacial score (nSPS) is 12.4. The molecule has 1 N–H and O–H groups in total. The number of aliphatic hydroxyl groups excluding tert-OH is 1. The van der Waals surface area contributed by atoms with Crippen LogP contribution < -0.4 is 0 Å². The van der Waals surface area contributed by atoms with Crippen LogP contribution in [0.25, 0.3) is 0 Å². The van der Waals surface area contributed by atoms with Crippen LogP contribution in [0.1, 0.15) is 29.8 Å². The van der Waals surface area contributed by atoms with E-state index in [0.717, 1.165) is 17.7 Å². The molecule has 0 saturated heterocycles. The van der Waals surface area contributed by atoms with Crippen LogP contribution >= 0.6 is 15.9 Å². The quantitative estimate of drug-likeness (QED) is 0.927. The maximum Gasteiger partial charge on any atom is 0.137 e. The standard InChI is InChI=1S/C15H15BrFNO/c1-2-10-3-5-12(18-9-10)8-15(19)11-4-6-13(16)14(17)7-11/h3-7,9,15,19H,2,8H2,1H3. The molecule has 2 rings (SSSR count). The van der Waals surface area contributed by atoms with Gasteiger partial charge in [-0.2, -0.15) is 0 Å². The summed E-state index contributed by atoms with van der Waals surface area (Å²) in [5.41, 5.74) is 2.52. The van der Waals surface area contributed by atoms with Gasteiger partial charge in [0.1, 0.15) is 5.82 Å². The molecule has 0 saturated carbocycles. The fourth-order valence-electron chi connectivity index (χ4n) is 1.82. The molecule has 0 spiro atoms. The number of pyridine rings is 1. The molecule has 1 atom stereocenters. The van der Waals surface area contributed by atoms with Crippen molar-refractivity contribution < 1.29 is 9.50 Å². The number of aromatic nitrogens is 1. The van der Waals surface area contributed by atoms with Crippen molar-refractivity contribution in [3.05, 3.63) is 63.6 Å². The highest BCUT2D eigenvalue weighted by atomic mass is 79.9. The van der Waals surface area contributed by atoms with Gasteiger partial charge in [-0.05, 0) is 51.7 Å². The first-order valence-electron chi connectivity index (χ1n) is 6.17. The molecule has 0 aliphatic rings. The number of hydrogen-bond acceptors (Lipinski definition) is 2. The van der Waals surface area contributed by atoms with Gasteiger partial charge in [0.15, 0.2) is 0 Å². The first-order chi connectivity index (χ1) is 9.10. The van der Waals surface area contributed by atoms with Gasteiger partial charge in [-0.25, -0.2) is 4.39 Å². The molecule has 1 unspecified atom stereocenters. The Balaban J connectivity index is 2.10. The van der Waals surface area contributed by atoms with Crippen molar-refractivity contribution >= 4 is 15.9 Å². The zero-order valence-electron chi connectivity index (χ0n) is 10.6. The summed E-state index contributed by atoms with van der Waals surface area (Å²) in [5.74, 6) is -0.370. The number of halogens is 2. The lowest BCUT2D eigenvalue weighted by molar-refractivity contribution is 0.176. The van der Waals surface area contributed by atoms with Crippen LogP contribution in [0, 0.1) is 5.82 Å². The van der Waals surface area contributed by atoms with Crippen LogP contribution in [0.15, 0.2) is 41.0 Å².